The Morgan fingerprint density at radius 1 is 1.00 bits per heavy atom. The van der Waals surface area contributed by atoms with E-state index in [0.29, 0.717) is 5.02 Å². The van der Waals surface area contributed by atoms with Crippen LogP contribution in [0.4, 0.5) is 5.69 Å². The molecule has 0 bridgehead atoms. The SMILES string of the molecule is O=C(NNC(=O)[C@H]1CC(=O)N(c2ccccc2)C1)c1ccccc1Cl. The largest absolute Gasteiger partial charge is 0.312 e. The third kappa shape index (κ3) is 3.80. The number of hydrogen-bond donors (Lipinski definition) is 2. The molecule has 0 unspecified atom stereocenters. The fourth-order valence-corrected chi connectivity index (χ4v) is 2.90. The van der Waals surface area contributed by atoms with E-state index in [4.69, 9.17) is 11.6 Å². The molecule has 6 nitrogen and oxygen atoms in total. The molecular formula is C18H16ClN3O3. The number of carbonyl (C=O) groups is 3. The maximum absolute atomic E-state index is 12.3. The smallest absolute Gasteiger partial charge is 0.271 e. The van der Waals surface area contributed by atoms with Gasteiger partial charge in [-0.25, -0.2) is 0 Å². The normalized spacial score (nSPS) is 16.6. The van der Waals surface area contributed by atoms with Crippen molar-refractivity contribution in [2.24, 2.45) is 5.92 Å². The maximum atomic E-state index is 12.3. The molecule has 2 N–H and O–H groups in total. The van der Waals surface area contributed by atoms with E-state index in [9.17, 15) is 14.4 Å². The summed E-state index contributed by atoms with van der Waals surface area (Å²) in [6.45, 7) is 0.274. The van der Waals surface area contributed by atoms with Gasteiger partial charge in [-0.1, -0.05) is 41.9 Å². The predicted molar refractivity (Wildman–Crippen MR) is 94.0 cm³/mol. The number of rotatable bonds is 3. The third-order valence-corrected chi connectivity index (χ3v) is 4.31. The van der Waals surface area contributed by atoms with Crippen molar-refractivity contribution in [2.45, 2.75) is 6.42 Å². The molecule has 1 saturated heterocycles. The first-order chi connectivity index (χ1) is 12.1. The quantitative estimate of drug-likeness (QED) is 0.826. The molecule has 1 aliphatic rings. The van der Waals surface area contributed by atoms with Crippen LogP contribution in [0.25, 0.3) is 0 Å². The van der Waals surface area contributed by atoms with Gasteiger partial charge in [0.05, 0.1) is 16.5 Å². The fraction of sp³-hybridized carbons (Fsp3) is 0.167. The van der Waals surface area contributed by atoms with Gasteiger partial charge in [-0.15, -0.1) is 0 Å². The molecule has 3 amide bonds. The Morgan fingerprint density at radius 3 is 2.40 bits per heavy atom. The number of halogens is 1. The van der Waals surface area contributed by atoms with Gasteiger partial charge in [0.1, 0.15) is 0 Å². The van der Waals surface area contributed by atoms with Gasteiger partial charge in [-0.2, -0.15) is 0 Å². The van der Waals surface area contributed by atoms with Crippen LogP contribution in [0.1, 0.15) is 16.8 Å². The molecule has 7 heteroatoms. The summed E-state index contributed by atoms with van der Waals surface area (Å²) in [6, 6.07) is 15.7. The van der Waals surface area contributed by atoms with Crippen LogP contribution in [0.2, 0.25) is 5.02 Å². The minimum Gasteiger partial charge on any atom is -0.312 e. The van der Waals surface area contributed by atoms with Crippen LogP contribution in [-0.2, 0) is 9.59 Å². The number of hydrogen-bond acceptors (Lipinski definition) is 3. The second-order valence-corrected chi connectivity index (χ2v) is 6.07. The molecule has 3 rings (SSSR count). The lowest BCUT2D eigenvalue weighted by atomic mass is 10.1. The first-order valence-electron chi connectivity index (χ1n) is 7.76. The highest BCUT2D eigenvalue weighted by Gasteiger charge is 2.35. The summed E-state index contributed by atoms with van der Waals surface area (Å²) < 4.78 is 0. The molecule has 128 valence electrons. The summed E-state index contributed by atoms with van der Waals surface area (Å²) in [4.78, 5) is 38.0. The lowest BCUT2D eigenvalue weighted by Crippen LogP contribution is -2.45. The lowest BCUT2D eigenvalue weighted by Gasteiger charge is -2.16. The maximum Gasteiger partial charge on any atom is 0.271 e. The number of nitrogens with zero attached hydrogens (tertiary/aromatic N) is 1. The molecule has 1 aliphatic heterocycles. The van der Waals surface area contributed by atoms with Crippen molar-refractivity contribution in [1.82, 2.24) is 10.9 Å². The van der Waals surface area contributed by atoms with E-state index in [2.05, 4.69) is 10.9 Å². The Bertz CT molecular complexity index is 810. The van der Waals surface area contributed by atoms with Gasteiger partial charge in [-0.05, 0) is 24.3 Å². The highest BCUT2D eigenvalue weighted by molar-refractivity contribution is 6.33. The minimum atomic E-state index is -0.528. The Labute approximate surface area is 149 Å². The van der Waals surface area contributed by atoms with Crippen LogP contribution in [0.15, 0.2) is 54.6 Å². The zero-order valence-electron chi connectivity index (χ0n) is 13.2. The van der Waals surface area contributed by atoms with Gasteiger partial charge < -0.3 is 4.90 Å². The Kier molecular flexibility index (Phi) is 5.00. The second kappa shape index (κ2) is 7.36. The van der Waals surface area contributed by atoms with Crippen molar-refractivity contribution in [3.8, 4) is 0 Å². The highest BCUT2D eigenvalue weighted by atomic mass is 35.5. The second-order valence-electron chi connectivity index (χ2n) is 5.66. The molecule has 2 aromatic carbocycles. The van der Waals surface area contributed by atoms with Gasteiger partial charge in [0.15, 0.2) is 0 Å². The lowest BCUT2D eigenvalue weighted by molar-refractivity contribution is -0.126. The van der Waals surface area contributed by atoms with E-state index >= 15 is 0 Å². The topological polar surface area (TPSA) is 78.5 Å². The van der Waals surface area contributed by atoms with Crippen LogP contribution in [0.3, 0.4) is 0 Å². The van der Waals surface area contributed by atoms with Crippen LogP contribution >= 0.6 is 11.6 Å². The Balaban J connectivity index is 1.58. The summed E-state index contributed by atoms with van der Waals surface area (Å²) in [5.41, 5.74) is 5.71. The number of amides is 3. The first kappa shape index (κ1) is 17.0. The van der Waals surface area contributed by atoms with Crippen molar-refractivity contribution in [1.29, 1.82) is 0 Å². The van der Waals surface area contributed by atoms with Crippen molar-refractivity contribution in [2.75, 3.05) is 11.4 Å². The summed E-state index contributed by atoms with van der Waals surface area (Å²) >= 11 is 5.94. The number of benzene rings is 2. The zero-order valence-corrected chi connectivity index (χ0v) is 14.0. The Morgan fingerprint density at radius 2 is 1.68 bits per heavy atom. The number of anilines is 1. The van der Waals surface area contributed by atoms with E-state index in [-0.39, 0.29) is 24.4 Å². The summed E-state index contributed by atoms with van der Waals surface area (Å²) in [5, 5.41) is 0.292. The molecule has 0 spiro atoms. The van der Waals surface area contributed by atoms with Gasteiger partial charge in [0, 0.05) is 18.7 Å². The minimum absolute atomic E-state index is 0.0999. The van der Waals surface area contributed by atoms with Crippen molar-refractivity contribution < 1.29 is 14.4 Å². The van der Waals surface area contributed by atoms with Crippen LogP contribution in [-0.4, -0.2) is 24.3 Å². The van der Waals surface area contributed by atoms with Crippen molar-refractivity contribution >= 4 is 35.0 Å². The summed E-state index contributed by atoms with van der Waals surface area (Å²) in [6.07, 6.45) is 0.0999. The molecule has 25 heavy (non-hydrogen) atoms. The summed E-state index contributed by atoms with van der Waals surface area (Å²) in [7, 11) is 0. The van der Waals surface area contributed by atoms with Crippen LogP contribution < -0.4 is 15.8 Å². The first-order valence-corrected chi connectivity index (χ1v) is 8.14. The predicted octanol–water partition coefficient (Wildman–Crippen LogP) is 2.15. The Hall–Kier alpha value is -2.86. The summed E-state index contributed by atoms with van der Waals surface area (Å²) in [5.74, 6) is -1.57. The third-order valence-electron chi connectivity index (χ3n) is 3.98. The van der Waals surface area contributed by atoms with Crippen LogP contribution in [0.5, 0.6) is 0 Å². The average molecular weight is 358 g/mol. The van der Waals surface area contributed by atoms with Crippen molar-refractivity contribution in [3.05, 3.63) is 65.2 Å². The van der Waals surface area contributed by atoms with Crippen LogP contribution in [0, 0.1) is 5.92 Å². The molecule has 1 fully saturated rings. The number of carbonyl (C=O) groups excluding carboxylic acids is 3. The van der Waals surface area contributed by atoms with E-state index in [1.165, 1.54) is 0 Å². The molecule has 1 atom stereocenters. The number of para-hydroxylation sites is 1. The van der Waals surface area contributed by atoms with Crippen molar-refractivity contribution in [3.63, 3.8) is 0 Å². The standard InChI is InChI=1S/C18H16ClN3O3/c19-15-9-5-4-8-14(15)18(25)21-20-17(24)12-10-16(23)22(11-12)13-6-2-1-3-7-13/h1-9,12H,10-11H2,(H,20,24)(H,21,25)/t12-/m0/s1. The van der Waals surface area contributed by atoms with E-state index in [1.54, 1.807) is 29.2 Å². The van der Waals surface area contributed by atoms with E-state index < -0.39 is 17.7 Å². The molecule has 1 heterocycles. The molecular weight excluding hydrogens is 342 g/mol. The van der Waals surface area contributed by atoms with Gasteiger partial charge in [0.25, 0.3) is 5.91 Å². The molecule has 2 aromatic rings. The average Bonchev–Trinajstić information content (AvgIpc) is 3.02. The van der Waals surface area contributed by atoms with Gasteiger partial charge in [-0.3, -0.25) is 25.2 Å². The van der Waals surface area contributed by atoms with Gasteiger partial charge in [0.2, 0.25) is 11.8 Å². The highest BCUT2D eigenvalue weighted by Crippen LogP contribution is 2.24. The zero-order chi connectivity index (χ0) is 17.8. The number of nitrogens with one attached hydrogen (secondary N) is 2. The molecule has 0 aliphatic carbocycles. The van der Waals surface area contributed by atoms with Gasteiger partial charge >= 0.3 is 0 Å². The molecule has 0 aromatic heterocycles. The monoisotopic (exact) mass is 357 g/mol. The number of hydrazine groups is 1. The van der Waals surface area contributed by atoms with E-state index in [1.807, 2.05) is 30.3 Å². The van der Waals surface area contributed by atoms with E-state index in [0.717, 1.165) is 5.69 Å². The molecule has 0 radical (unpaired) electrons. The molecule has 0 saturated carbocycles. The fourth-order valence-electron chi connectivity index (χ4n) is 2.67.